The number of pyridine rings is 1. The summed E-state index contributed by atoms with van der Waals surface area (Å²) in [5.74, 6) is 0.605. The van der Waals surface area contributed by atoms with Crippen molar-refractivity contribution in [2.24, 2.45) is 0 Å². The van der Waals surface area contributed by atoms with E-state index in [9.17, 15) is 4.79 Å². The molecule has 2 aromatic heterocycles. The van der Waals surface area contributed by atoms with Gasteiger partial charge in [0.25, 0.3) is 11.7 Å². The number of rotatable bonds is 4. The van der Waals surface area contributed by atoms with E-state index in [2.05, 4.69) is 10.3 Å². The molecular formula is C21H16Cl2N3O+. The fourth-order valence-electron chi connectivity index (χ4n) is 3.02. The average Bonchev–Trinajstić information content (AvgIpc) is 3.06. The lowest BCUT2D eigenvalue weighted by atomic mass is 10.2. The summed E-state index contributed by atoms with van der Waals surface area (Å²) in [6.07, 6.45) is 1.91. The number of nitrogens with zero attached hydrogens (tertiary/aromatic N) is 1. The highest BCUT2D eigenvalue weighted by Crippen LogP contribution is 2.21. The van der Waals surface area contributed by atoms with E-state index in [0.29, 0.717) is 22.3 Å². The number of carbonyl (C=O) groups is 1. The predicted molar refractivity (Wildman–Crippen MR) is 107 cm³/mol. The van der Waals surface area contributed by atoms with E-state index in [4.69, 9.17) is 23.2 Å². The molecular weight excluding hydrogens is 381 g/mol. The maximum Gasteiger partial charge on any atom is 0.295 e. The zero-order valence-corrected chi connectivity index (χ0v) is 15.8. The van der Waals surface area contributed by atoms with Gasteiger partial charge in [-0.25, -0.2) is 4.98 Å². The average molecular weight is 397 g/mol. The molecule has 2 heterocycles. The van der Waals surface area contributed by atoms with Crippen molar-refractivity contribution >= 4 is 34.6 Å². The van der Waals surface area contributed by atoms with Crippen LogP contribution in [0.15, 0.2) is 72.9 Å². The molecule has 0 aliphatic carbocycles. The molecule has 1 amide bonds. The molecule has 4 rings (SSSR count). The highest BCUT2D eigenvalue weighted by molar-refractivity contribution is 6.31. The second-order valence-electron chi connectivity index (χ2n) is 6.13. The van der Waals surface area contributed by atoms with Gasteiger partial charge in [0.1, 0.15) is 0 Å². The van der Waals surface area contributed by atoms with Crippen LogP contribution in [0.4, 0.5) is 0 Å². The van der Waals surface area contributed by atoms with E-state index in [0.717, 1.165) is 22.5 Å². The molecule has 0 atom stereocenters. The Hall–Kier alpha value is -2.82. The summed E-state index contributed by atoms with van der Waals surface area (Å²) in [6, 6.07) is 20.7. The lowest BCUT2D eigenvalue weighted by Crippen LogP contribution is -2.25. The van der Waals surface area contributed by atoms with Crippen LogP contribution in [0.3, 0.4) is 0 Å². The van der Waals surface area contributed by atoms with Gasteiger partial charge in [-0.2, -0.15) is 4.40 Å². The third-order valence-electron chi connectivity index (χ3n) is 4.27. The van der Waals surface area contributed by atoms with Gasteiger partial charge in [0.15, 0.2) is 5.52 Å². The third kappa shape index (κ3) is 3.68. The van der Waals surface area contributed by atoms with Crippen LogP contribution in [-0.4, -0.2) is 10.9 Å². The number of aromatic amines is 1. The number of halogens is 2. The fraction of sp³-hybridized carbons (Fsp3) is 0.0476. The Kier molecular flexibility index (Phi) is 4.84. The van der Waals surface area contributed by atoms with Crippen molar-refractivity contribution in [3.05, 3.63) is 94.2 Å². The van der Waals surface area contributed by atoms with Crippen LogP contribution in [0.1, 0.15) is 16.1 Å². The van der Waals surface area contributed by atoms with Crippen molar-refractivity contribution in [3.8, 4) is 11.4 Å². The summed E-state index contributed by atoms with van der Waals surface area (Å²) in [6.45, 7) is 0.393. The zero-order chi connectivity index (χ0) is 18.8. The summed E-state index contributed by atoms with van der Waals surface area (Å²) >= 11 is 12.1. The van der Waals surface area contributed by atoms with E-state index in [1.54, 1.807) is 6.07 Å². The second kappa shape index (κ2) is 7.43. The first-order chi connectivity index (χ1) is 13.1. The summed E-state index contributed by atoms with van der Waals surface area (Å²) in [5.41, 5.74) is 3.12. The van der Waals surface area contributed by atoms with Crippen molar-refractivity contribution in [1.82, 2.24) is 10.3 Å². The van der Waals surface area contributed by atoms with Gasteiger partial charge < -0.3 is 5.32 Å². The van der Waals surface area contributed by atoms with Crippen LogP contribution < -0.4 is 9.72 Å². The summed E-state index contributed by atoms with van der Waals surface area (Å²) < 4.78 is 1.94. The van der Waals surface area contributed by atoms with Crippen LogP contribution in [0.25, 0.3) is 16.9 Å². The highest BCUT2D eigenvalue weighted by Gasteiger charge is 2.24. The molecule has 4 aromatic rings. The van der Waals surface area contributed by atoms with Gasteiger partial charge in [0, 0.05) is 16.6 Å². The number of H-pyrrole nitrogens is 1. The normalized spacial score (nSPS) is 10.9. The highest BCUT2D eigenvalue weighted by atomic mass is 35.5. The van der Waals surface area contributed by atoms with Gasteiger partial charge in [-0.3, -0.25) is 4.79 Å². The molecule has 6 heteroatoms. The first-order valence-corrected chi connectivity index (χ1v) is 9.18. The molecule has 0 radical (unpaired) electrons. The third-order valence-corrected chi connectivity index (χ3v) is 4.74. The molecule has 2 N–H and O–H groups in total. The number of benzene rings is 2. The van der Waals surface area contributed by atoms with E-state index in [1.807, 2.05) is 71.3 Å². The first-order valence-electron chi connectivity index (χ1n) is 8.43. The second-order valence-corrected chi connectivity index (χ2v) is 7.00. The lowest BCUT2D eigenvalue weighted by Gasteiger charge is -2.03. The van der Waals surface area contributed by atoms with Gasteiger partial charge >= 0.3 is 0 Å². The molecule has 4 nitrogen and oxygen atoms in total. The number of aromatic nitrogens is 2. The van der Waals surface area contributed by atoms with E-state index < -0.39 is 0 Å². The molecule has 0 spiro atoms. The maximum absolute atomic E-state index is 12.8. The zero-order valence-electron chi connectivity index (χ0n) is 14.2. The van der Waals surface area contributed by atoms with Gasteiger partial charge in [0.2, 0.25) is 5.69 Å². The maximum atomic E-state index is 12.8. The minimum absolute atomic E-state index is 0.188. The van der Waals surface area contributed by atoms with Gasteiger partial charge in [-0.05, 0) is 48.0 Å². The van der Waals surface area contributed by atoms with Crippen molar-refractivity contribution in [3.63, 3.8) is 0 Å². The van der Waals surface area contributed by atoms with Crippen molar-refractivity contribution in [1.29, 1.82) is 0 Å². The SMILES string of the molecule is O=C(NCc1cccc(Cl)c1)c1[nH]c(-c2cccc(Cl)c2)[n+]2ccccc12. The van der Waals surface area contributed by atoms with Gasteiger partial charge in [-0.1, -0.05) is 47.5 Å². The number of hydrogen-bond donors (Lipinski definition) is 2. The molecule has 0 aliphatic rings. The topological polar surface area (TPSA) is 49.0 Å². The smallest absolute Gasteiger partial charge is 0.295 e. The number of imidazole rings is 1. The molecule has 0 fully saturated rings. The molecule has 0 bridgehead atoms. The number of amides is 1. The molecule has 2 aromatic carbocycles. The number of nitrogens with one attached hydrogen (secondary N) is 2. The van der Waals surface area contributed by atoms with Gasteiger partial charge in [0.05, 0.1) is 11.8 Å². The fourth-order valence-corrected chi connectivity index (χ4v) is 3.43. The predicted octanol–water partition coefficient (Wildman–Crippen LogP) is 4.66. The van der Waals surface area contributed by atoms with Crippen LogP contribution in [-0.2, 0) is 6.54 Å². The molecule has 0 aliphatic heterocycles. The van der Waals surface area contributed by atoms with E-state index in [1.165, 1.54) is 0 Å². The standard InChI is InChI=1S/C21H15Cl2N3O/c22-16-7-3-5-14(11-16)13-24-21(27)19-18-9-1-2-10-26(18)20(25-19)15-6-4-8-17(23)12-15/h1-12H,13H2,(H,24,27)/p+1. The summed E-state index contributed by atoms with van der Waals surface area (Å²) in [5, 5.41) is 4.22. The minimum atomic E-state index is -0.188. The Bertz CT molecular complexity index is 1140. The van der Waals surface area contributed by atoms with Crippen LogP contribution >= 0.6 is 23.2 Å². The number of fused-ring (bicyclic) bond motifs is 1. The summed E-state index contributed by atoms with van der Waals surface area (Å²) in [4.78, 5) is 16.1. The molecule has 27 heavy (non-hydrogen) atoms. The quantitative estimate of drug-likeness (QED) is 0.484. The molecule has 134 valence electrons. The Balaban J connectivity index is 1.68. The minimum Gasteiger partial charge on any atom is -0.345 e. The first kappa shape index (κ1) is 17.6. The lowest BCUT2D eigenvalue weighted by molar-refractivity contribution is -0.498. The largest absolute Gasteiger partial charge is 0.345 e. The van der Waals surface area contributed by atoms with E-state index in [-0.39, 0.29) is 5.91 Å². The molecule has 0 saturated heterocycles. The number of hydrogen-bond acceptors (Lipinski definition) is 1. The molecule has 0 saturated carbocycles. The van der Waals surface area contributed by atoms with Crippen LogP contribution in [0.2, 0.25) is 10.0 Å². The van der Waals surface area contributed by atoms with Gasteiger partial charge in [-0.15, -0.1) is 0 Å². The Labute approximate surface area is 166 Å². The van der Waals surface area contributed by atoms with Crippen molar-refractivity contribution < 1.29 is 9.20 Å². The molecule has 0 unspecified atom stereocenters. The van der Waals surface area contributed by atoms with Crippen LogP contribution in [0, 0.1) is 0 Å². The summed E-state index contributed by atoms with van der Waals surface area (Å²) in [7, 11) is 0. The Morgan fingerprint density at radius 1 is 0.963 bits per heavy atom. The van der Waals surface area contributed by atoms with Crippen molar-refractivity contribution in [2.75, 3.05) is 0 Å². The number of carbonyl (C=O) groups excluding carboxylic acids is 1. The van der Waals surface area contributed by atoms with E-state index >= 15 is 0 Å². The monoisotopic (exact) mass is 396 g/mol. The van der Waals surface area contributed by atoms with Crippen LogP contribution in [0.5, 0.6) is 0 Å². The Morgan fingerprint density at radius 3 is 2.52 bits per heavy atom. The van der Waals surface area contributed by atoms with Crippen molar-refractivity contribution in [2.45, 2.75) is 6.54 Å². The Morgan fingerprint density at radius 2 is 1.74 bits per heavy atom.